The molecule has 1 aromatic heterocycles. The van der Waals surface area contributed by atoms with E-state index in [1.807, 2.05) is 54.6 Å². The first-order valence-electron chi connectivity index (χ1n) is 11.5. The molecule has 1 aliphatic carbocycles. The van der Waals surface area contributed by atoms with Crippen LogP contribution in [0.5, 0.6) is 0 Å². The molecule has 3 aromatic carbocycles. The SMILES string of the molecule is CC1CC(=Cc2ccccc2)c2nc3ccccc3c(C(=O)OCc3ccc(C#N)cc3)c2C1. The molecule has 1 heterocycles. The number of rotatable bonds is 4. The van der Waals surface area contributed by atoms with Crippen molar-refractivity contribution in [2.45, 2.75) is 26.4 Å². The third-order valence-electron chi connectivity index (χ3n) is 6.22. The number of para-hydroxylation sites is 1. The zero-order valence-corrected chi connectivity index (χ0v) is 19.0. The summed E-state index contributed by atoms with van der Waals surface area (Å²) in [6.07, 6.45) is 3.87. The smallest absolute Gasteiger partial charge is 0.339 e. The summed E-state index contributed by atoms with van der Waals surface area (Å²) in [5.41, 5.74) is 6.95. The van der Waals surface area contributed by atoms with Gasteiger partial charge >= 0.3 is 5.97 Å². The minimum absolute atomic E-state index is 0.151. The van der Waals surface area contributed by atoms with Crippen LogP contribution in [-0.4, -0.2) is 11.0 Å². The first-order chi connectivity index (χ1) is 16.6. The maximum Gasteiger partial charge on any atom is 0.339 e. The Labute approximate surface area is 199 Å². The maximum absolute atomic E-state index is 13.5. The summed E-state index contributed by atoms with van der Waals surface area (Å²) in [6, 6.07) is 27.2. The van der Waals surface area contributed by atoms with Crippen LogP contribution in [0.1, 0.15) is 51.7 Å². The van der Waals surface area contributed by atoms with Gasteiger partial charge in [0.25, 0.3) is 0 Å². The largest absolute Gasteiger partial charge is 0.457 e. The summed E-state index contributed by atoms with van der Waals surface area (Å²) >= 11 is 0. The molecule has 0 N–H and O–H groups in total. The minimum atomic E-state index is -0.340. The quantitative estimate of drug-likeness (QED) is 0.333. The van der Waals surface area contributed by atoms with Crippen molar-refractivity contribution < 1.29 is 9.53 Å². The molecule has 4 heteroatoms. The summed E-state index contributed by atoms with van der Waals surface area (Å²) in [5.74, 6) is 0.0443. The molecule has 0 fully saturated rings. The van der Waals surface area contributed by atoms with E-state index in [2.05, 4.69) is 31.2 Å². The number of ether oxygens (including phenoxy) is 1. The third-order valence-corrected chi connectivity index (χ3v) is 6.22. The molecule has 1 unspecified atom stereocenters. The molecule has 0 aliphatic heterocycles. The topological polar surface area (TPSA) is 63.0 Å². The molecule has 4 aromatic rings. The van der Waals surface area contributed by atoms with E-state index in [1.165, 1.54) is 0 Å². The van der Waals surface area contributed by atoms with E-state index in [0.29, 0.717) is 17.0 Å². The second-order valence-corrected chi connectivity index (χ2v) is 8.81. The Hall–Kier alpha value is -4.23. The van der Waals surface area contributed by atoms with Gasteiger partial charge in [0, 0.05) is 5.39 Å². The van der Waals surface area contributed by atoms with Gasteiger partial charge in [-0.3, -0.25) is 0 Å². The zero-order chi connectivity index (χ0) is 23.5. The van der Waals surface area contributed by atoms with E-state index in [0.717, 1.165) is 51.7 Å². The molecular weight excluding hydrogens is 420 g/mol. The predicted octanol–water partition coefficient (Wildman–Crippen LogP) is 6.59. The Morgan fingerprint density at radius 1 is 1.03 bits per heavy atom. The number of hydrogen-bond acceptors (Lipinski definition) is 4. The molecular formula is C30H24N2O2. The number of hydrogen-bond donors (Lipinski definition) is 0. The number of pyridine rings is 1. The number of carbonyl (C=O) groups excluding carboxylic acids is 1. The average Bonchev–Trinajstić information content (AvgIpc) is 2.87. The normalized spacial score (nSPS) is 16.1. The fourth-order valence-corrected chi connectivity index (χ4v) is 4.62. The van der Waals surface area contributed by atoms with Crippen LogP contribution in [0.4, 0.5) is 0 Å². The highest BCUT2D eigenvalue weighted by atomic mass is 16.5. The van der Waals surface area contributed by atoms with Crippen molar-refractivity contribution in [3.05, 3.63) is 112 Å². The number of carbonyl (C=O) groups is 1. The van der Waals surface area contributed by atoms with E-state index >= 15 is 0 Å². The second-order valence-electron chi connectivity index (χ2n) is 8.81. The third kappa shape index (κ3) is 4.33. The molecule has 0 radical (unpaired) electrons. The molecule has 1 atom stereocenters. The van der Waals surface area contributed by atoms with Gasteiger partial charge in [-0.1, -0.05) is 67.6 Å². The highest BCUT2D eigenvalue weighted by Gasteiger charge is 2.28. The van der Waals surface area contributed by atoms with E-state index in [4.69, 9.17) is 15.0 Å². The Balaban J connectivity index is 1.57. The summed E-state index contributed by atoms with van der Waals surface area (Å²) < 4.78 is 5.78. The number of allylic oxidation sites excluding steroid dienone is 1. The number of nitriles is 1. The van der Waals surface area contributed by atoms with Crippen molar-refractivity contribution in [2.75, 3.05) is 0 Å². The number of fused-ring (bicyclic) bond motifs is 2. The van der Waals surface area contributed by atoms with Gasteiger partial charge in [0.15, 0.2) is 0 Å². The van der Waals surface area contributed by atoms with Crippen molar-refractivity contribution in [1.82, 2.24) is 4.98 Å². The number of benzene rings is 3. The molecule has 0 saturated heterocycles. The van der Waals surface area contributed by atoms with E-state index in [9.17, 15) is 4.79 Å². The lowest BCUT2D eigenvalue weighted by Gasteiger charge is -2.26. The van der Waals surface area contributed by atoms with Gasteiger partial charge in [-0.15, -0.1) is 0 Å². The molecule has 0 spiro atoms. The average molecular weight is 445 g/mol. The van der Waals surface area contributed by atoms with Gasteiger partial charge in [-0.25, -0.2) is 9.78 Å². The second kappa shape index (κ2) is 9.33. The Bertz CT molecular complexity index is 1430. The molecule has 0 amide bonds. The van der Waals surface area contributed by atoms with E-state index in [-0.39, 0.29) is 12.6 Å². The van der Waals surface area contributed by atoms with Gasteiger partial charge < -0.3 is 4.74 Å². The first kappa shape index (κ1) is 21.6. The van der Waals surface area contributed by atoms with Crippen molar-refractivity contribution in [3.8, 4) is 6.07 Å². The lowest BCUT2D eigenvalue weighted by atomic mass is 9.80. The summed E-state index contributed by atoms with van der Waals surface area (Å²) in [6.45, 7) is 2.36. The summed E-state index contributed by atoms with van der Waals surface area (Å²) in [5, 5.41) is 9.82. The maximum atomic E-state index is 13.5. The van der Waals surface area contributed by atoms with Gasteiger partial charge in [0.1, 0.15) is 6.61 Å². The van der Waals surface area contributed by atoms with Crippen molar-refractivity contribution >= 4 is 28.5 Å². The standard InChI is InChI=1S/C30H24N2O2/c1-20-15-24(17-21-7-3-2-4-8-21)29-26(16-20)28(25-9-5-6-10-27(25)32-29)30(33)34-19-23-13-11-22(18-31)12-14-23/h2-14,17,20H,15-16,19H2,1H3. The Morgan fingerprint density at radius 3 is 2.53 bits per heavy atom. The van der Waals surface area contributed by atoms with Crippen LogP contribution in [0.15, 0.2) is 78.9 Å². The van der Waals surface area contributed by atoms with Crippen molar-refractivity contribution in [3.63, 3.8) is 0 Å². The lowest BCUT2D eigenvalue weighted by molar-refractivity contribution is 0.0473. The molecule has 0 bridgehead atoms. The van der Waals surface area contributed by atoms with E-state index < -0.39 is 0 Å². The molecule has 1 aliphatic rings. The highest BCUT2D eigenvalue weighted by Crippen LogP contribution is 2.38. The molecule has 0 saturated carbocycles. The highest BCUT2D eigenvalue weighted by molar-refractivity contribution is 6.06. The molecule has 34 heavy (non-hydrogen) atoms. The monoisotopic (exact) mass is 444 g/mol. The first-order valence-corrected chi connectivity index (χ1v) is 11.5. The van der Waals surface area contributed by atoms with Crippen LogP contribution in [0.2, 0.25) is 0 Å². The molecule has 5 rings (SSSR count). The van der Waals surface area contributed by atoms with Crippen molar-refractivity contribution in [1.29, 1.82) is 5.26 Å². The van der Waals surface area contributed by atoms with Crippen molar-refractivity contribution in [2.24, 2.45) is 5.92 Å². The van der Waals surface area contributed by atoms with E-state index in [1.54, 1.807) is 12.1 Å². The fourth-order valence-electron chi connectivity index (χ4n) is 4.62. The lowest BCUT2D eigenvalue weighted by Crippen LogP contribution is -2.19. The Morgan fingerprint density at radius 2 is 1.76 bits per heavy atom. The predicted molar refractivity (Wildman–Crippen MR) is 134 cm³/mol. The number of aromatic nitrogens is 1. The van der Waals surface area contributed by atoms with Crippen LogP contribution in [-0.2, 0) is 17.8 Å². The van der Waals surface area contributed by atoms with Crippen LogP contribution in [0, 0.1) is 17.2 Å². The fraction of sp³-hybridized carbons (Fsp3) is 0.167. The molecule has 4 nitrogen and oxygen atoms in total. The van der Waals surface area contributed by atoms with Crippen LogP contribution < -0.4 is 0 Å². The van der Waals surface area contributed by atoms with Gasteiger partial charge in [0.05, 0.1) is 28.4 Å². The number of esters is 1. The van der Waals surface area contributed by atoms with Gasteiger partial charge in [-0.05, 0) is 65.3 Å². The Kier molecular flexibility index (Phi) is 5.93. The van der Waals surface area contributed by atoms with Crippen LogP contribution in [0.3, 0.4) is 0 Å². The van der Waals surface area contributed by atoms with Crippen LogP contribution in [0.25, 0.3) is 22.6 Å². The molecule has 166 valence electrons. The number of nitrogens with zero attached hydrogens (tertiary/aromatic N) is 2. The van der Waals surface area contributed by atoms with Gasteiger partial charge in [0.2, 0.25) is 0 Å². The minimum Gasteiger partial charge on any atom is -0.457 e. The van der Waals surface area contributed by atoms with Crippen LogP contribution >= 0.6 is 0 Å². The zero-order valence-electron chi connectivity index (χ0n) is 19.0. The summed E-state index contributed by atoms with van der Waals surface area (Å²) in [7, 11) is 0. The summed E-state index contributed by atoms with van der Waals surface area (Å²) in [4.78, 5) is 18.5. The van der Waals surface area contributed by atoms with Gasteiger partial charge in [-0.2, -0.15) is 5.26 Å².